The first-order valence-corrected chi connectivity index (χ1v) is 5.21. The van der Waals surface area contributed by atoms with Crippen LogP contribution in [-0.2, 0) is 4.74 Å². The summed E-state index contributed by atoms with van der Waals surface area (Å²) < 4.78 is 5.16. The number of aromatic nitrogens is 1. The number of amides is 1. The summed E-state index contributed by atoms with van der Waals surface area (Å²) in [7, 11) is 0. The number of aromatic amines is 1. The molecule has 1 heterocycles. The third kappa shape index (κ3) is 3.51. The molecule has 0 aliphatic rings. The van der Waals surface area contributed by atoms with Crippen LogP contribution in [0.25, 0.3) is 0 Å². The molecule has 0 bridgehead atoms. The number of hydrogen-bond acceptors (Lipinski definition) is 3. The monoisotopic (exact) mass is 224 g/mol. The van der Waals surface area contributed by atoms with E-state index in [1.54, 1.807) is 0 Å². The smallest absolute Gasteiger partial charge is 0.257 e. The van der Waals surface area contributed by atoms with E-state index in [9.17, 15) is 9.59 Å². The van der Waals surface area contributed by atoms with Gasteiger partial charge in [0.25, 0.3) is 5.91 Å². The van der Waals surface area contributed by atoms with Crippen LogP contribution in [0.15, 0.2) is 23.3 Å². The minimum absolute atomic E-state index is 0.117. The third-order valence-electron chi connectivity index (χ3n) is 2.02. The van der Waals surface area contributed by atoms with Gasteiger partial charge in [0.2, 0.25) is 0 Å². The van der Waals surface area contributed by atoms with Gasteiger partial charge in [-0.1, -0.05) is 0 Å². The molecule has 0 aliphatic heterocycles. The van der Waals surface area contributed by atoms with E-state index in [4.69, 9.17) is 4.74 Å². The number of nitrogens with one attached hydrogen (secondary N) is 2. The zero-order valence-electron chi connectivity index (χ0n) is 9.45. The molecule has 0 spiro atoms. The minimum atomic E-state index is -0.381. The first kappa shape index (κ1) is 12.4. The molecule has 0 fully saturated rings. The molecule has 5 heteroatoms. The Kier molecular flexibility index (Phi) is 4.72. The van der Waals surface area contributed by atoms with Gasteiger partial charge in [-0.3, -0.25) is 9.59 Å². The Morgan fingerprint density at radius 3 is 3.00 bits per heavy atom. The molecule has 1 aromatic rings. The lowest BCUT2D eigenvalue weighted by atomic mass is 10.2. The highest BCUT2D eigenvalue weighted by Crippen LogP contribution is 1.91. The van der Waals surface area contributed by atoms with Gasteiger partial charge in [0.05, 0.1) is 6.61 Å². The van der Waals surface area contributed by atoms with Crippen LogP contribution >= 0.6 is 0 Å². The fourth-order valence-electron chi connectivity index (χ4n) is 1.23. The molecule has 0 aliphatic carbocycles. The number of carbonyl (C=O) groups excluding carboxylic acids is 1. The normalized spacial score (nSPS) is 12.1. The summed E-state index contributed by atoms with van der Waals surface area (Å²) in [6.45, 7) is 4.75. The standard InChI is InChI=1S/C11H16N2O3/c1-3-16-7-8(2)13-11(15)9-6-12-5-4-10(9)14/h4-6,8H,3,7H2,1-2H3,(H,12,14)(H,13,15). The van der Waals surface area contributed by atoms with Crippen molar-refractivity contribution < 1.29 is 9.53 Å². The van der Waals surface area contributed by atoms with Gasteiger partial charge in [0, 0.05) is 31.1 Å². The zero-order chi connectivity index (χ0) is 12.0. The molecule has 2 N–H and O–H groups in total. The highest BCUT2D eigenvalue weighted by Gasteiger charge is 2.12. The Hall–Kier alpha value is -1.62. The Morgan fingerprint density at radius 1 is 1.62 bits per heavy atom. The molecule has 16 heavy (non-hydrogen) atoms. The van der Waals surface area contributed by atoms with Crippen molar-refractivity contribution in [2.24, 2.45) is 0 Å². The van der Waals surface area contributed by atoms with Crippen LogP contribution in [0.2, 0.25) is 0 Å². The van der Waals surface area contributed by atoms with Crippen molar-refractivity contribution in [3.8, 4) is 0 Å². The van der Waals surface area contributed by atoms with E-state index in [1.165, 1.54) is 18.5 Å². The fourth-order valence-corrected chi connectivity index (χ4v) is 1.23. The van der Waals surface area contributed by atoms with Crippen LogP contribution in [0.5, 0.6) is 0 Å². The van der Waals surface area contributed by atoms with E-state index in [0.717, 1.165) is 0 Å². The first-order valence-electron chi connectivity index (χ1n) is 5.21. The number of pyridine rings is 1. The molecule has 1 amide bonds. The molecule has 0 radical (unpaired) electrons. The SMILES string of the molecule is CCOCC(C)NC(=O)c1c[nH]ccc1=O. The van der Waals surface area contributed by atoms with Crippen LogP contribution in [0.1, 0.15) is 24.2 Å². The van der Waals surface area contributed by atoms with Gasteiger partial charge in [-0.2, -0.15) is 0 Å². The molecule has 0 aromatic carbocycles. The molecule has 1 rings (SSSR count). The van der Waals surface area contributed by atoms with Crippen LogP contribution in [0.3, 0.4) is 0 Å². The summed E-state index contributed by atoms with van der Waals surface area (Å²) in [6.07, 6.45) is 2.88. The topological polar surface area (TPSA) is 71.2 Å². The Labute approximate surface area is 93.8 Å². The number of rotatable bonds is 5. The fraction of sp³-hybridized carbons (Fsp3) is 0.455. The van der Waals surface area contributed by atoms with Crippen molar-refractivity contribution in [2.45, 2.75) is 19.9 Å². The van der Waals surface area contributed by atoms with E-state index in [-0.39, 0.29) is 22.9 Å². The maximum absolute atomic E-state index is 11.7. The second kappa shape index (κ2) is 6.07. The Balaban J connectivity index is 2.59. The van der Waals surface area contributed by atoms with Crippen molar-refractivity contribution in [3.05, 3.63) is 34.2 Å². The highest BCUT2D eigenvalue weighted by atomic mass is 16.5. The number of hydrogen-bond donors (Lipinski definition) is 2. The van der Waals surface area contributed by atoms with Gasteiger partial charge in [0.1, 0.15) is 5.56 Å². The zero-order valence-corrected chi connectivity index (χ0v) is 9.45. The molecule has 0 saturated heterocycles. The molecule has 1 unspecified atom stereocenters. The minimum Gasteiger partial charge on any atom is -0.380 e. The summed E-state index contributed by atoms with van der Waals surface area (Å²) in [6, 6.07) is 1.20. The van der Waals surface area contributed by atoms with Gasteiger partial charge >= 0.3 is 0 Å². The maximum atomic E-state index is 11.7. The average Bonchev–Trinajstić information content (AvgIpc) is 2.26. The van der Waals surface area contributed by atoms with Crippen LogP contribution < -0.4 is 10.7 Å². The molecule has 1 aromatic heterocycles. The van der Waals surface area contributed by atoms with Gasteiger partial charge in [-0.05, 0) is 13.8 Å². The van der Waals surface area contributed by atoms with Crippen molar-refractivity contribution in [2.75, 3.05) is 13.2 Å². The number of carbonyl (C=O) groups is 1. The van der Waals surface area contributed by atoms with Crippen molar-refractivity contribution >= 4 is 5.91 Å². The summed E-state index contributed by atoms with van der Waals surface area (Å²) in [5.74, 6) is -0.381. The highest BCUT2D eigenvalue weighted by molar-refractivity contribution is 5.93. The van der Waals surface area contributed by atoms with Crippen molar-refractivity contribution in [1.29, 1.82) is 0 Å². The lowest BCUT2D eigenvalue weighted by molar-refractivity contribution is 0.0870. The largest absolute Gasteiger partial charge is 0.380 e. The summed E-state index contributed by atoms with van der Waals surface area (Å²) in [4.78, 5) is 25.7. The van der Waals surface area contributed by atoms with E-state index in [1.807, 2.05) is 13.8 Å². The van der Waals surface area contributed by atoms with Gasteiger partial charge in [-0.15, -0.1) is 0 Å². The van der Waals surface area contributed by atoms with E-state index >= 15 is 0 Å². The van der Waals surface area contributed by atoms with E-state index in [2.05, 4.69) is 10.3 Å². The predicted octanol–water partition coefficient (Wildman–Crippen LogP) is 0.530. The summed E-state index contributed by atoms with van der Waals surface area (Å²) in [5, 5.41) is 2.69. The van der Waals surface area contributed by atoms with Crippen LogP contribution in [-0.4, -0.2) is 30.1 Å². The van der Waals surface area contributed by atoms with Crippen molar-refractivity contribution in [1.82, 2.24) is 10.3 Å². The molecular formula is C11H16N2O3. The molecule has 0 saturated carbocycles. The summed E-state index contributed by atoms with van der Waals surface area (Å²) in [5.41, 5.74) is -0.175. The predicted molar refractivity (Wildman–Crippen MR) is 60.5 cm³/mol. The Bertz CT molecular complexity index is 400. The molecule has 1 atom stereocenters. The molecule has 88 valence electrons. The second-order valence-electron chi connectivity index (χ2n) is 3.46. The summed E-state index contributed by atoms with van der Waals surface area (Å²) >= 11 is 0. The van der Waals surface area contributed by atoms with E-state index in [0.29, 0.717) is 13.2 Å². The lowest BCUT2D eigenvalue weighted by Crippen LogP contribution is -2.38. The average molecular weight is 224 g/mol. The third-order valence-corrected chi connectivity index (χ3v) is 2.02. The second-order valence-corrected chi connectivity index (χ2v) is 3.46. The van der Waals surface area contributed by atoms with Crippen LogP contribution in [0.4, 0.5) is 0 Å². The quantitative estimate of drug-likeness (QED) is 0.766. The molecule has 5 nitrogen and oxygen atoms in total. The number of H-pyrrole nitrogens is 1. The van der Waals surface area contributed by atoms with Crippen LogP contribution in [0, 0.1) is 0 Å². The van der Waals surface area contributed by atoms with E-state index < -0.39 is 0 Å². The maximum Gasteiger partial charge on any atom is 0.257 e. The number of ether oxygens (including phenoxy) is 1. The van der Waals surface area contributed by atoms with Crippen molar-refractivity contribution in [3.63, 3.8) is 0 Å². The first-order chi connectivity index (χ1) is 7.65. The molecular weight excluding hydrogens is 208 g/mol. The van der Waals surface area contributed by atoms with Gasteiger partial charge < -0.3 is 15.0 Å². The lowest BCUT2D eigenvalue weighted by Gasteiger charge is -2.13. The van der Waals surface area contributed by atoms with Gasteiger partial charge in [0.15, 0.2) is 5.43 Å². The Morgan fingerprint density at radius 2 is 2.38 bits per heavy atom. The van der Waals surface area contributed by atoms with Gasteiger partial charge in [-0.25, -0.2) is 0 Å².